The monoisotopic (exact) mass is 490 g/mol. The smallest absolute Gasteiger partial charge is 0.258 e. The average Bonchev–Trinajstić information content (AvgIpc) is 3.28. The topological polar surface area (TPSA) is 93.2 Å². The molecule has 4 rings (SSSR count). The maximum absolute atomic E-state index is 13.2. The van der Waals surface area contributed by atoms with Gasteiger partial charge in [-0.2, -0.15) is 0 Å². The quantitative estimate of drug-likeness (QED) is 0.347. The molecule has 1 aromatic heterocycles. The van der Waals surface area contributed by atoms with Crippen LogP contribution in [0.1, 0.15) is 39.4 Å². The predicted octanol–water partition coefficient (Wildman–Crippen LogP) is 5.48. The molecular weight excluding hydrogens is 468 g/mol. The van der Waals surface area contributed by atoms with Gasteiger partial charge in [0, 0.05) is 11.1 Å². The van der Waals surface area contributed by atoms with Crippen LogP contribution in [0.25, 0.3) is 11.3 Å². The largest absolute Gasteiger partial charge is 0.298 e. The van der Waals surface area contributed by atoms with E-state index in [4.69, 9.17) is 0 Å². The van der Waals surface area contributed by atoms with Gasteiger partial charge in [0.15, 0.2) is 15.0 Å². The standard InChI is InChI=1S/C26H22N2O4S2/c1-17(2)34(31,32)21-16-10-9-15-20(21)25(30)28-26-27-22(18-11-5-3-6-12-18)24(33-26)23(29)19-13-7-4-8-14-19/h3-17H,1-2H3,(H,27,28,30). The number of carbonyl (C=O) groups is 2. The molecule has 172 valence electrons. The molecule has 1 heterocycles. The zero-order valence-electron chi connectivity index (χ0n) is 18.6. The van der Waals surface area contributed by atoms with Crippen molar-refractivity contribution in [1.82, 2.24) is 4.98 Å². The molecule has 0 aliphatic rings. The lowest BCUT2D eigenvalue weighted by Gasteiger charge is -2.12. The predicted molar refractivity (Wildman–Crippen MR) is 134 cm³/mol. The maximum atomic E-state index is 13.2. The molecule has 0 atom stereocenters. The molecular formula is C26H22N2O4S2. The first kappa shape index (κ1) is 23.5. The number of hydrogen-bond donors (Lipinski definition) is 1. The molecule has 1 N–H and O–H groups in total. The zero-order valence-corrected chi connectivity index (χ0v) is 20.2. The first-order valence-corrected chi connectivity index (χ1v) is 13.0. The fourth-order valence-electron chi connectivity index (χ4n) is 3.36. The van der Waals surface area contributed by atoms with E-state index in [2.05, 4.69) is 10.3 Å². The number of carbonyl (C=O) groups excluding carboxylic acids is 2. The van der Waals surface area contributed by atoms with Gasteiger partial charge in [0.2, 0.25) is 5.78 Å². The number of rotatable bonds is 7. The lowest BCUT2D eigenvalue weighted by molar-refractivity contribution is 0.102. The van der Waals surface area contributed by atoms with Gasteiger partial charge in [-0.05, 0) is 26.0 Å². The van der Waals surface area contributed by atoms with Gasteiger partial charge in [-0.1, -0.05) is 84.1 Å². The molecule has 0 saturated heterocycles. The van der Waals surface area contributed by atoms with Crippen LogP contribution in [-0.4, -0.2) is 30.3 Å². The second-order valence-electron chi connectivity index (χ2n) is 7.80. The molecule has 6 nitrogen and oxygen atoms in total. The number of ketones is 1. The Morgan fingerprint density at radius 2 is 1.44 bits per heavy atom. The van der Waals surface area contributed by atoms with Gasteiger partial charge in [0.05, 0.1) is 21.4 Å². The van der Waals surface area contributed by atoms with E-state index in [0.29, 0.717) is 16.1 Å². The number of hydrogen-bond acceptors (Lipinski definition) is 6. The number of sulfone groups is 1. The highest BCUT2D eigenvalue weighted by molar-refractivity contribution is 7.92. The molecule has 1 amide bonds. The van der Waals surface area contributed by atoms with Gasteiger partial charge in [0.25, 0.3) is 5.91 Å². The van der Waals surface area contributed by atoms with Crippen LogP contribution < -0.4 is 5.32 Å². The number of aromatic nitrogens is 1. The number of amides is 1. The minimum Gasteiger partial charge on any atom is -0.298 e. The molecule has 0 saturated carbocycles. The van der Waals surface area contributed by atoms with Crippen LogP contribution in [0.4, 0.5) is 5.13 Å². The van der Waals surface area contributed by atoms with Crippen molar-refractivity contribution in [2.24, 2.45) is 0 Å². The molecule has 0 aliphatic carbocycles. The molecule has 4 aromatic rings. The first-order chi connectivity index (χ1) is 16.3. The fraction of sp³-hybridized carbons (Fsp3) is 0.115. The highest BCUT2D eigenvalue weighted by Gasteiger charge is 2.27. The van der Waals surface area contributed by atoms with E-state index >= 15 is 0 Å². The summed E-state index contributed by atoms with van der Waals surface area (Å²) in [5.74, 6) is -0.813. The third-order valence-electron chi connectivity index (χ3n) is 5.20. The second-order valence-corrected chi connectivity index (χ2v) is 11.3. The first-order valence-electron chi connectivity index (χ1n) is 10.6. The number of nitrogens with one attached hydrogen (secondary N) is 1. The Kier molecular flexibility index (Phi) is 6.72. The summed E-state index contributed by atoms with van der Waals surface area (Å²) < 4.78 is 25.5. The Hall–Kier alpha value is -3.62. The summed E-state index contributed by atoms with van der Waals surface area (Å²) in [6.45, 7) is 3.14. The molecule has 0 radical (unpaired) electrons. The summed E-state index contributed by atoms with van der Waals surface area (Å²) in [7, 11) is -3.67. The van der Waals surface area contributed by atoms with Crippen molar-refractivity contribution in [3.8, 4) is 11.3 Å². The summed E-state index contributed by atoms with van der Waals surface area (Å²) in [6, 6.07) is 24.2. The molecule has 8 heteroatoms. The van der Waals surface area contributed by atoms with E-state index < -0.39 is 21.0 Å². The van der Waals surface area contributed by atoms with Gasteiger partial charge in [-0.25, -0.2) is 13.4 Å². The Morgan fingerprint density at radius 3 is 2.09 bits per heavy atom. The van der Waals surface area contributed by atoms with Crippen molar-refractivity contribution in [1.29, 1.82) is 0 Å². The van der Waals surface area contributed by atoms with E-state index in [1.807, 2.05) is 36.4 Å². The minimum atomic E-state index is -3.67. The molecule has 0 aliphatic heterocycles. The fourth-order valence-corrected chi connectivity index (χ4v) is 5.55. The number of nitrogens with zero attached hydrogens (tertiary/aromatic N) is 1. The molecule has 0 bridgehead atoms. The summed E-state index contributed by atoms with van der Waals surface area (Å²) >= 11 is 1.06. The van der Waals surface area contributed by atoms with Gasteiger partial charge >= 0.3 is 0 Å². The van der Waals surface area contributed by atoms with Crippen LogP contribution in [0.3, 0.4) is 0 Å². The van der Waals surface area contributed by atoms with Crippen molar-refractivity contribution in [2.45, 2.75) is 24.0 Å². The van der Waals surface area contributed by atoms with Crippen molar-refractivity contribution in [3.05, 3.63) is 101 Å². The Bertz CT molecular complexity index is 1440. The van der Waals surface area contributed by atoms with Crippen molar-refractivity contribution < 1.29 is 18.0 Å². The van der Waals surface area contributed by atoms with Crippen molar-refractivity contribution in [2.75, 3.05) is 5.32 Å². The summed E-state index contributed by atoms with van der Waals surface area (Å²) in [6.07, 6.45) is 0. The van der Waals surface area contributed by atoms with Crippen LogP contribution in [0.15, 0.2) is 89.8 Å². The van der Waals surface area contributed by atoms with Crippen LogP contribution in [0.5, 0.6) is 0 Å². The lowest BCUT2D eigenvalue weighted by atomic mass is 10.1. The van der Waals surface area contributed by atoms with E-state index in [9.17, 15) is 18.0 Å². The van der Waals surface area contributed by atoms with E-state index in [1.54, 1.807) is 50.2 Å². The van der Waals surface area contributed by atoms with Crippen LogP contribution in [-0.2, 0) is 9.84 Å². The van der Waals surface area contributed by atoms with Gasteiger partial charge in [0.1, 0.15) is 4.88 Å². The Morgan fingerprint density at radius 1 is 0.853 bits per heavy atom. The Labute approximate surface area is 202 Å². The van der Waals surface area contributed by atoms with Crippen LogP contribution in [0.2, 0.25) is 0 Å². The highest BCUT2D eigenvalue weighted by Crippen LogP contribution is 2.33. The highest BCUT2D eigenvalue weighted by atomic mass is 32.2. The number of benzene rings is 3. The van der Waals surface area contributed by atoms with Crippen LogP contribution in [0, 0.1) is 0 Å². The van der Waals surface area contributed by atoms with Gasteiger partial charge in [-0.3, -0.25) is 14.9 Å². The number of thiazole rings is 1. The summed E-state index contributed by atoms with van der Waals surface area (Å²) in [5, 5.41) is 2.23. The molecule has 34 heavy (non-hydrogen) atoms. The zero-order chi connectivity index (χ0) is 24.3. The van der Waals surface area contributed by atoms with E-state index in [0.717, 1.165) is 16.9 Å². The minimum absolute atomic E-state index is 0.0311. The molecule has 0 unspecified atom stereocenters. The molecule has 0 spiro atoms. The normalized spacial score (nSPS) is 11.4. The van der Waals surface area contributed by atoms with E-state index in [1.165, 1.54) is 12.1 Å². The van der Waals surface area contributed by atoms with E-state index in [-0.39, 0.29) is 21.4 Å². The third-order valence-corrected chi connectivity index (χ3v) is 8.38. The van der Waals surface area contributed by atoms with Crippen molar-refractivity contribution in [3.63, 3.8) is 0 Å². The maximum Gasteiger partial charge on any atom is 0.258 e. The van der Waals surface area contributed by atoms with Crippen LogP contribution >= 0.6 is 11.3 Å². The van der Waals surface area contributed by atoms with Gasteiger partial charge < -0.3 is 0 Å². The third kappa shape index (κ3) is 4.69. The molecule has 0 fully saturated rings. The van der Waals surface area contributed by atoms with Crippen molar-refractivity contribution >= 4 is 38.0 Å². The Balaban J connectivity index is 1.74. The second kappa shape index (κ2) is 9.70. The number of anilines is 1. The average molecular weight is 491 g/mol. The SMILES string of the molecule is CC(C)S(=O)(=O)c1ccccc1C(=O)Nc1nc(-c2ccccc2)c(C(=O)c2ccccc2)s1. The lowest BCUT2D eigenvalue weighted by Crippen LogP contribution is -2.20. The summed E-state index contributed by atoms with van der Waals surface area (Å²) in [4.78, 5) is 31.2. The molecule has 3 aromatic carbocycles. The summed E-state index contributed by atoms with van der Waals surface area (Å²) in [5.41, 5.74) is 1.73. The van der Waals surface area contributed by atoms with Gasteiger partial charge in [-0.15, -0.1) is 0 Å².